The second-order valence-corrected chi connectivity index (χ2v) is 8.80. The standard InChI is InChI=1S/C25H26N4O3S/c1-25(2,3)18-7-5-17(6-8-18)23(31)29(24(26)33)19-9-10-20(21(15-19)32-4)28-22(30)16-11-13-27-14-12-16/h5-15H,1-4H3,(H2,26,33)(H,28,30). The van der Waals surface area contributed by atoms with Crippen LogP contribution in [0.1, 0.15) is 47.1 Å². The number of benzene rings is 2. The first-order valence-electron chi connectivity index (χ1n) is 10.3. The molecule has 2 aromatic carbocycles. The summed E-state index contributed by atoms with van der Waals surface area (Å²) in [5, 5.41) is 2.69. The molecule has 0 bridgehead atoms. The monoisotopic (exact) mass is 462 g/mol. The predicted molar refractivity (Wildman–Crippen MR) is 134 cm³/mol. The van der Waals surface area contributed by atoms with Gasteiger partial charge in [0, 0.05) is 29.6 Å². The van der Waals surface area contributed by atoms with Gasteiger partial charge in [-0.25, -0.2) is 0 Å². The van der Waals surface area contributed by atoms with Gasteiger partial charge < -0.3 is 15.8 Å². The number of pyridine rings is 1. The van der Waals surface area contributed by atoms with Crippen molar-refractivity contribution in [2.75, 3.05) is 17.3 Å². The molecule has 1 aromatic heterocycles. The molecule has 33 heavy (non-hydrogen) atoms. The lowest BCUT2D eigenvalue weighted by Gasteiger charge is -2.23. The van der Waals surface area contributed by atoms with E-state index in [-0.39, 0.29) is 22.3 Å². The van der Waals surface area contributed by atoms with Crippen LogP contribution in [0.15, 0.2) is 67.0 Å². The number of anilines is 2. The van der Waals surface area contributed by atoms with Crippen molar-refractivity contribution in [1.82, 2.24) is 4.98 Å². The van der Waals surface area contributed by atoms with E-state index >= 15 is 0 Å². The Hall–Kier alpha value is -3.78. The topological polar surface area (TPSA) is 97.5 Å². The van der Waals surface area contributed by atoms with Crippen LogP contribution in [-0.2, 0) is 5.41 Å². The molecule has 8 heteroatoms. The van der Waals surface area contributed by atoms with Crippen LogP contribution in [0, 0.1) is 0 Å². The molecule has 170 valence electrons. The lowest BCUT2D eigenvalue weighted by Crippen LogP contribution is -2.40. The van der Waals surface area contributed by atoms with Gasteiger partial charge in [0.1, 0.15) is 5.75 Å². The van der Waals surface area contributed by atoms with E-state index in [1.54, 1.807) is 42.5 Å². The minimum absolute atomic E-state index is 0.0334. The van der Waals surface area contributed by atoms with Crippen LogP contribution < -0.4 is 20.7 Å². The summed E-state index contributed by atoms with van der Waals surface area (Å²) in [4.78, 5) is 30.9. The molecule has 0 aliphatic heterocycles. The molecule has 0 fully saturated rings. The van der Waals surface area contributed by atoms with Crippen LogP contribution in [0.3, 0.4) is 0 Å². The minimum Gasteiger partial charge on any atom is -0.494 e. The summed E-state index contributed by atoms with van der Waals surface area (Å²) in [6, 6.07) is 15.4. The van der Waals surface area contributed by atoms with Crippen molar-refractivity contribution >= 4 is 40.5 Å². The summed E-state index contributed by atoms with van der Waals surface area (Å²) in [7, 11) is 1.47. The van der Waals surface area contributed by atoms with Gasteiger partial charge in [-0.3, -0.25) is 19.5 Å². The molecule has 7 nitrogen and oxygen atoms in total. The first kappa shape index (κ1) is 23.9. The van der Waals surface area contributed by atoms with Gasteiger partial charge in [-0.05, 0) is 59.6 Å². The molecular formula is C25H26N4O3S. The van der Waals surface area contributed by atoms with Crippen molar-refractivity contribution in [2.24, 2.45) is 5.73 Å². The van der Waals surface area contributed by atoms with Crippen LogP contribution in [-0.4, -0.2) is 29.0 Å². The Balaban J connectivity index is 1.89. The van der Waals surface area contributed by atoms with E-state index in [9.17, 15) is 9.59 Å². The molecular weight excluding hydrogens is 436 g/mol. The Morgan fingerprint density at radius 3 is 2.18 bits per heavy atom. The van der Waals surface area contributed by atoms with E-state index in [1.165, 1.54) is 24.4 Å². The van der Waals surface area contributed by atoms with Crippen LogP contribution >= 0.6 is 12.2 Å². The summed E-state index contributed by atoms with van der Waals surface area (Å²) >= 11 is 5.17. The first-order chi connectivity index (χ1) is 15.6. The number of ether oxygens (including phenoxy) is 1. The maximum Gasteiger partial charge on any atom is 0.264 e. The van der Waals surface area contributed by atoms with Crippen molar-refractivity contribution in [3.63, 3.8) is 0 Å². The molecule has 0 atom stereocenters. The highest BCUT2D eigenvalue weighted by molar-refractivity contribution is 7.80. The van der Waals surface area contributed by atoms with E-state index in [0.29, 0.717) is 28.3 Å². The number of hydrogen-bond donors (Lipinski definition) is 2. The van der Waals surface area contributed by atoms with E-state index in [4.69, 9.17) is 22.7 Å². The molecule has 2 amide bonds. The predicted octanol–water partition coefficient (Wildman–Crippen LogP) is 4.53. The summed E-state index contributed by atoms with van der Waals surface area (Å²) in [6.45, 7) is 6.31. The third-order valence-corrected chi connectivity index (χ3v) is 5.24. The molecule has 3 rings (SSSR count). The number of carbonyl (C=O) groups excluding carboxylic acids is 2. The first-order valence-corrected chi connectivity index (χ1v) is 10.7. The smallest absolute Gasteiger partial charge is 0.264 e. The zero-order valence-corrected chi connectivity index (χ0v) is 19.8. The Bertz CT molecular complexity index is 1170. The number of hydrogen-bond acceptors (Lipinski definition) is 5. The highest BCUT2D eigenvalue weighted by Crippen LogP contribution is 2.31. The average molecular weight is 463 g/mol. The fourth-order valence-corrected chi connectivity index (χ4v) is 3.39. The highest BCUT2D eigenvalue weighted by atomic mass is 32.1. The quantitative estimate of drug-likeness (QED) is 0.541. The van der Waals surface area contributed by atoms with Crippen molar-refractivity contribution in [3.05, 3.63) is 83.7 Å². The van der Waals surface area contributed by atoms with Crippen LogP contribution in [0.2, 0.25) is 0 Å². The van der Waals surface area contributed by atoms with E-state index in [0.717, 1.165) is 5.56 Å². The summed E-state index contributed by atoms with van der Waals surface area (Å²) in [5.41, 5.74) is 8.75. The molecule has 0 saturated carbocycles. The Kier molecular flexibility index (Phi) is 7.08. The maximum absolute atomic E-state index is 13.2. The Morgan fingerprint density at radius 1 is 1.00 bits per heavy atom. The van der Waals surface area contributed by atoms with E-state index in [2.05, 4.69) is 31.1 Å². The number of methoxy groups -OCH3 is 1. The number of rotatable bonds is 5. The normalized spacial score (nSPS) is 10.9. The minimum atomic E-state index is -0.362. The Labute approximate surface area is 198 Å². The summed E-state index contributed by atoms with van der Waals surface area (Å²) < 4.78 is 5.44. The van der Waals surface area contributed by atoms with Gasteiger partial charge in [0.05, 0.1) is 18.5 Å². The van der Waals surface area contributed by atoms with Gasteiger partial charge in [0.2, 0.25) is 0 Å². The molecule has 0 unspecified atom stereocenters. The number of nitrogens with one attached hydrogen (secondary N) is 1. The number of nitrogens with two attached hydrogens (primary N) is 1. The molecule has 3 aromatic rings. The van der Waals surface area contributed by atoms with Gasteiger partial charge in [-0.2, -0.15) is 0 Å². The fourth-order valence-electron chi connectivity index (χ4n) is 3.21. The number of carbonyl (C=O) groups is 2. The molecule has 1 heterocycles. The lowest BCUT2D eigenvalue weighted by atomic mass is 9.86. The third-order valence-electron chi connectivity index (χ3n) is 5.06. The lowest BCUT2D eigenvalue weighted by molar-refractivity contribution is 0.0999. The fraction of sp³-hybridized carbons (Fsp3) is 0.200. The number of amides is 2. The van der Waals surface area contributed by atoms with Crippen LogP contribution in [0.4, 0.5) is 11.4 Å². The van der Waals surface area contributed by atoms with Crippen molar-refractivity contribution < 1.29 is 14.3 Å². The molecule has 0 aliphatic rings. The number of aromatic nitrogens is 1. The molecule has 0 spiro atoms. The zero-order valence-electron chi connectivity index (χ0n) is 19.0. The number of thiocarbonyl (C=S) groups is 1. The second-order valence-electron chi connectivity index (χ2n) is 8.38. The van der Waals surface area contributed by atoms with Crippen LogP contribution in [0.5, 0.6) is 5.75 Å². The van der Waals surface area contributed by atoms with Gasteiger partial charge in [0.25, 0.3) is 11.8 Å². The van der Waals surface area contributed by atoms with Gasteiger partial charge >= 0.3 is 0 Å². The SMILES string of the molecule is COc1cc(N(C(=O)c2ccc(C(C)(C)C)cc2)C(N)=S)ccc1NC(=O)c1ccncc1. The zero-order chi connectivity index (χ0) is 24.2. The van der Waals surface area contributed by atoms with Gasteiger partial charge in [-0.15, -0.1) is 0 Å². The molecule has 0 aliphatic carbocycles. The third kappa shape index (κ3) is 5.53. The molecule has 3 N–H and O–H groups in total. The summed E-state index contributed by atoms with van der Waals surface area (Å²) in [5.74, 6) is -0.324. The van der Waals surface area contributed by atoms with Crippen molar-refractivity contribution in [2.45, 2.75) is 26.2 Å². The van der Waals surface area contributed by atoms with E-state index < -0.39 is 0 Å². The highest BCUT2D eigenvalue weighted by Gasteiger charge is 2.23. The maximum atomic E-state index is 13.2. The number of nitrogens with zero attached hydrogens (tertiary/aromatic N) is 2. The van der Waals surface area contributed by atoms with Crippen molar-refractivity contribution in [1.29, 1.82) is 0 Å². The van der Waals surface area contributed by atoms with Gasteiger partial charge in [0.15, 0.2) is 5.11 Å². The second kappa shape index (κ2) is 9.79. The average Bonchev–Trinajstić information content (AvgIpc) is 2.79. The molecule has 0 radical (unpaired) electrons. The van der Waals surface area contributed by atoms with Crippen molar-refractivity contribution in [3.8, 4) is 5.75 Å². The van der Waals surface area contributed by atoms with Crippen LogP contribution in [0.25, 0.3) is 0 Å². The Morgan fingerprint density at radius 2 is 1.64 bits per heavy atom. The molecule has 0 saturated heterocycles. The largest absolute Gasteiger partial charge is 0.494 e. The summed E-state index contributed by atoms with van der Waals surface area (Å²) in [6.07, 6.45) is 3.07. The van der Waals surface area contributed by atoms with E-state index in [1.807, 2.05) is 12.1 Å². The van der Waals surface area contributed by atoms with Gasteiger partial charge in [-0.1, -0.05) is 32.9 Å².